The Balaban J connectivity index is 2.96. The summed E-state index contributed by atoms with van der Waals surface area (Å²) >= 11 is 0.825. The first-order valence-electron chi connectivity index (χ1n) is 11.7. The molecule has 36 heavy (non-hydrogen) atoms. The van der Waals surface area contributed by atoms with Crippen molar-refractivity contribution < 1.29 is 28.7 Å². The Bertz CT molecular complexity index is 863. The van der Waals surface area contributed by atoms with Crippen molar-refractivity contribution in [2.24, 2.45) is 5.92 Å². The van der Waals surface area contributed by atoms with E-state index < -0.39 is 56.9 Å². The number of thioether (sulfide) groups is 1. The zero-order valence-corrected chi connectivity index (χ0v) is 24.6. The molecule has 0 aliphatic rings. The van der Waals surface area contributed by atoms with Gasteiger partial charge in [-0.05, 0) is 0 Å². The van der Waals surface area contributed by atoms with Crippen molar-refractivity contribution in [2.75, 3.05) is 19.1 Å². The molecule has 0 aliphatic carbocycles. The number of methoxy groups -OCH3 is 1. The van der Waals surface area contributed by atoms with Crippen LogP contribution >= 0.6 is 11.8 Å². The molecule has 0 spiro atoms. The molecule has 1 aromatic carbocycles. The van der Waals surface area contributed by atoms with Gasteiger partial charge >= 0.3 is 225 Å². The van der Waals surface area contributed by atoms with Gasteiger partial charge in [0.1, 0.15) is 0 Å². The molecular formula is C25H39N3O6SSe. The SMILES string of the molecule is COC(=O)[C@H](CCSC)N[Se]C(=O)[C@@H](NC(=O)[C@H](Cc1ccccc1)NC(=O)OC(C)(C)C)C(C)C. The molecule has 9 nitrogen and oxygen atoms in total. The van der Waals surface area contributed by atoms with E-state index >= 15 is 0 Å². The quantitative estimate of drug-likeness (QED) is 0.224. The molecule has 0 saturated carbocycles. The molecule has 0 bridgehead atoms. The Hall–Kier alpha value is -2.07. The van der Waals surface area contributed by atoms with Gasteiger partial charge < -0.3 is 0 Å². The van der Waals surface area contributed by atoms with Crippen LogP contribution in [0.2, 0.25) is 0 Å². The van der Waals surface area contributed by atoms with Crippen molar-refractivity contribution in [1.82, 2.24) is 15.0 Å². The van der Waals surface area contributed by atoms with Crippen LogP contribution in [-0.2, 0) is 30.3 Å². The Labute approximate surface area is 225 Å². The zero-order valence-electron chi connectivity index (χ0n) is 22.1. The number of benzene rings is 1. The van der Waals surface area contributed by atoms with Crippen LogP contribution in [0.3, 0.4) is 0 Å². The van der Waals surface area contributed by atoms with Gasteiger partial charge in [-0.15, -0.1) is 0 Å². The van der Waals surface area contributed by atoms with E-state index in [1.165, 1.54) is 7.11 Å². The summed E-state index contributed by atoms with van der Waals surface area (Å²) in [5, 5.41) is 5.45. The number of amides is 2. The van der Waals surface area contributed by atoms with Crippen LogP contribution in [0.5, 0.6) is 0 Å². The second-order valence-electron chi connectivity index (χ2n) is 9.51. The summed E-state index contributed by atoms with van der Waals surface area (Å²) in [5.74, 6) is -0.376. The molecule has 0 heterocycles. The maximum absolute atomic E-state index is 13.3. The third-order valence-electron chi connectivity index (χ3n) is 4.91. The van der Waals surface area contributed by atoms with Gasteiger partial charge in [0.15, 0.2) is 0 Å². The number of hydrogen-bond donors (Lipinski definition) is 3. The van der Waals surface area contributed by atoms with E-state index in [0.29, 0.717) is 6.42 Å². The third-order valence-corrected chi connectivity index (χ3v) is 7.35. The summed E-state index contributed by atoms with van der Waals surface area (Å²) in [6.45, 7) is 8.88. The Morgan fingerprint density at radius 2 is 1.67 bits per heavy atom. The fourth-order valence-corrected chi connectivity index (χ4v) is 5.48. The predicted octanol–water partition coefficient (Wildman–Crippen LogP) is 2.29. The van der Waals surface area contributed by atoms with Crippen molar-refractivity contribution in [3.8, 4) is 0 Å². The van der Waals surface area contributed by atoms with Crippen LogP contribution in [0.15, 0.2) is 30.3 Å². The molecule has 3 atom stereocenters. The second-order valence-corrected chi connectivity index (χ2v) is 12.3. The van der Waals surface area contributed by atoms with Gasteiger partial charge in [-0.2, -0.15) is 0 Å². The molecule has 0 aliphatic heterocycles. The number of rotatable bonds is 14. The average molecular weight is 589 g/mol. The van der Waals surface area contributed by atoms with Crippen LogP contribution in [0.4, 0.5) is 4.79 Å². The number of carbonyl (C=O) groups is 4. The van der Waals surface area contributed by atoms with Crippen LogP contribution in [0.25, 0.3) is 0 Å². The third kappa shape index (κ3) is 12.3. The van der Waals surface area contributed by atoms with E-state index in [-0.39, 0.29) is 17.0 Å². The number of ether oxygens (including phenoxy) is 2. The van der Waals surface area contributed by atoms with Gasteiger partial charge in [0.05, 0.1) is 0 Å². The second kappa shape index (κ2) is 15.9. The summed E-state index contributed by atoms with van der Waals surface area (Å²) in [4.78, 5) is 50.9. The Kier molecular flexibility index (Phi) is 14.1. The van der Waals surface area contributed by atoms with Gasteiger partial charge in [-0.1, -0.05) is 0 Å². The molecule has 1 aromatic rings. The van der Waals surface area contributed by atoms with E-state index in [1.54, 1.807) is 32.5 Å². The maximum atomic E-state index is 13.3. The van der Waals surface area contributed by atoms with Crippen molar-refractivity contribution in [3.05, 3.63) is 35.9 Å². The van der Waals surface area contributed by atoms with E-state index in [0.717, 1.165) is 11.3 Å². The summed E-state index contributed by atoms with van der Waals surface area (Å²) < 4.78 is 13.0. The molecular weight excluding hydrogens is 549 g/mol. The molecule has 1 rings (SSSR count). The number of carbonyl (C=O) groups excluding carboxylic acids is 4. The molecule has 3 N–H and O–H groups in total. The summed E-state index contributed by atoms with van der Waals surface area (Å²) in [6.07, 6.45) is 1.98. The molecule has 0 radical (unpaired) electrons. The average Bonchev–Trinajstić information content (AvgIpc) is 2.80. The minimum absolute atomic E-state index is 0.202. The molecule has 0 fully saturated rings. The van der Waals surface area contributed by atoms with Crippen LogP contribution < -0.4 is 15.0 Å². The van der Waals surface area contributed by atoms with Crippen molar-refractivity contribution in [2.45, 2.75) is 71.2 Å². The summed E-state index contributed by atoms with van der Waals surface area (Å²) in [6, 6.07) is 6.96. The first kappa shape index (κ1) is 32.0. The van der Waals surface area contributed by atoms with Gasteiger partial charge in [0.2, 0.25) is 0 Å². The molecule has 11 heteroatoms. The van der Waals surface area contributed by atoms with Gasteiger partial charge in [-0.3, -0.25) is 0 Å². The standard InChI is InChI=1S/C25H39N3O6SSe/c1-16(2)20(23(31)36-28-18(13-14-35-7)22(30)33-6)27-21(29)19(15-17-11-9-8-10-12-17)26-24(32)34-25(3,4)5/h8-12,16,18-20,28H,13-15H2,1-7H3,(H,26,32)(H,27,29)/t18-,19-,20-/m0/s1. The molecule has 0 saturated heterocycles. The fraction of sp³-hybridized carbons (Fsp3) is 0.600. The molecule has 202 valence electrons. The molecule has 2 amide bonds. The zero-order chi connectivity index (χ0) is 27.3. The topological polar surface area (TPSA) is 123 Å². The summed E-state index contributed by atoms with van der Waals surface area (Å²) in [7, 11) is 1.31. The Morgan fingerprint density at radius 1 is 1.03 bits per heavy atom. The van der Waals surface area contributed by atoms with E-state index in [2.05, 4.69) is 15.0 Å². The number of esters is 1. The van der Waals surface area contributed by atoms with Crippen molar-refractivity contribution in [1.29, 1.82) is 0 Å². The van der Waals surface area contributed by atoms with Crippen molar-refractivity contribution >= 4 is 49.6 Å². The van der Waals surface area contributed by atoms with E-state index in [9.17, 15) is 19.2 Å². The van der Waals surface area contributed by atoms with Gasteiger partial charge in [-0.25, -0.2) is 0 Å². The predicted molar refractivity (Wildman–Crippen MR) is 143 cm³/mol. The van der Waals surface area contributed by atoms with Gasteiger partial charge in [0, 0.05) is 0 Å². The number of hydrogen-bond acceptors (Lipinski definition) is 8. The van der Waals surface area contributed by atoms with Crippen LogP contribution in [0.1, 0.15) is 46.6 Å². The number of alkyl carbamates (subject to hydrolysis) is 1. The number of nitrogens with one attached hydrogen (secondary N) is 3. The molecule has 0 unspecified atom stereocenters. The summed E-state index contributed by atoms with van der Waals surface area (Å²) in [5.41, 5.74) is 0.122. The fourth-order valence-electron chi connectivity index (χ4n) is 3.06. The van der Waals surface area contributed by atoms with E-state index in [1.807, 2.05) is 50.4 Å². The normalized spacial score (nSPS) is 13.9. The Morgan fingerprint density at radius 3 is 2.19 bits per heavy atom. The monoisotopic (exact) mass is 589 g/mol. The minimum atomic E-state index is -0.943. The molecule has 0 aromatic heterocycles. The van der Waals surface area contributed by atoms with Gasteiger partial charge in [0.25, 0.3) is 0 Å². The van der Waals surface area contributed by atoms with Crippen LogP contribution in [0, 0.1) is 5.92 Å². The van der Waals surface area contributed by atoms with Crippen LogP contribution in [-0.4, -0.2) is 80.7 Å². The van der Waals surface area contributed by atoms with Crippen molar-refractivity contribution in [3.63, 3.8) is 0 Å². The first-order chi connectivity index (χ1) is 16.9. The van der Waals surface area contributed by atoms with E-state index in [4.69, 9.17) is 9.47 Å². The first-order valence-corrected chi connectivity index (χ1v) is 14.9.